The van der Waals surface area contributed by atoms with Gasteiger partial charge in [0, 0.05) is 24.8 Å². The maximum Gasteiger partial charge on any atom is 0.261 e. The molecule has 0 spiro atoms. The number of carbonyl (C=O) groups excluding carboxylic acids is 1. The fourth-order valence-electron chi connectivity index (χ4n) is 1.67. The molecule has 0 fully saturated rings. The van der Waals surface area contributed by atoms with E-state index >= 15 is 0 Å². The highest BCUT2D eigenvalue weighted by atomic mass is 35.5. The number of rotatable bonds is 9. The van der Waals surface area contributed by atoms with Crippen molar-refractivity contribution >= 4 is 17.5 Å². The lowest BCUT2D eigenvalue weighted by molar-refractivity contribution is -0.128. The molecule has 1 atom stereocenters. The van der Waals surface area contributed by atoms with E-state index < -0.39 is 6.10 Å². The molecule has 0 bridgehead atoms. The lowest BCUT2D eigenvalue weighted by Gasteiger charge is -2.17. The minimum atomic E-state index is -0.499. The van der Waals surface area contributed by atoms with Gasteiger partial charge in [-0.05, 0) is 38.0 Å². The van der Waals surface area contributed by atoms with Crippen LogP contribution < -0.4 is 10.1 Å². The quantitative estimate of drug-likeness (QED) is 0.713. The highest BCUT2D eigenvalue weighted by molar-refractivity contribution is 6.30. The predicted molar refractivity (Wildman–Crippen MR) is 80.3 cm³/mol. The molecule has 0 saturated carbocycles. The Morgan fingerprint density at radius 3 is 2.85 bits per heavy atom. The molecule has 1 N–H and O–H groups in total. The van der Waals surface area contributed by atoms with Crippen molar-refractivity contribution < 1.29 is 14.3 Å². The number of ether oxygens (including phenoxy) is 2. The van der Waals surface area contributed by atoms with E-state index in [9.17, 15) is 4.79 Å². The highest BCUT2D eigenvalue weighted by Gasteiger charge is 2.17. The molecule has 112 valence electrons. The first-order valence-corrected chi connectivity index (χ1v) is 7.32. The second-order valence-corrected chi connectivity index (χ2v) is 4.75. The van der Waals surface area contributed by atoms with Gasteiger partial charge in [-0.1, -0.05) is 24.6 Å². The number of carbonyl (C=O) groups is 1. The first-order chi connectivity index (χ1) is 9.67. The van der Waals surface area contributed by atoms with E-state index in [1.165, 1.54) is 0 Å². The summed E-state index contributed by atoms with van der Waals surface area (Å²) in [6.45, 7) is 5.81. The second kappa shape index (κ2) is 9.61. The number of nitrogens with one attached hydrogen (secondary N) is 1. The van der Waals surface area contributed by atoms with Crippen LogP contribution in [0, 0.1) is 0 Å². The molecule has 0 heterocycles. The zero-order valence-corrected chi connectivity index (χ0v) is 12.8. The van der Waals surface area contributed by atoms with Crippen molar-refractivity contribution in [1.29, 1.82) is 0 Å². The summed E-state index contributed by atoms with van der Waals surface area (Å²) in [7, 11) is 0. The summed E-state index contributed by atoms with van der Waals surface area (Å²) in [5.74, 6) is 0.498. The first kappa shape index (κ1) is 16.8. The van der Waals surface area contributed by atoms with Crippen molar-refractivity contribution in [3.63, 3.8) is 0 Å². The van der Waals surface area contributed by atoms with Gasteiger partial charge in [-0.15, -0.1) is 0 Å². The van der Waals surface area contributed by atoms with Gasteiger partial charge in [-0.25, -0.2) is 0 Å². The van der Waals surface area contributed by atoms with Crippen LogP contribution >= 0.6 is 11.6 Å². The molecule has 1 aromatic carbocycles. The van der Waals surface area contributed by atoms with Gasteiger partial charge in [-0.2, -0.15) is 0 Å². The Morgan fingerprint density at radius 2 is 2.20 bits per heavy atom. The summed E-state index contributed by atoms with van der Waals surface area (Å²) in [6.07, 6.45) is 0.900. The summed E-state index contributed by atoms with van der Waals surface area (Å²) in [6, 6.07) is 7.05. The van der Waals surface area contributed by atoms with E-state index in [0.29, 0.717) is 37.0 Å². The number of amides is 1. The average Bonchev–Trinajstić information content (AvgIpc) is 2.44. The smallest absolute Gasteiger partial charge is 0.261 e. The first-order valence-electron chi connectivity index (χ1n) is 6.95. The van der Waals surface area contributed by atoms with Crippen molar-refractivity contribution in [1.82, 2.24) is 5.32 Å². The van der Waals surface area contributed by atoms with Crippen molar-refractivity contribution in [3.8, 4) is 5.75 Å². The Balaban J connectivity index is 2.39. The van der Waals surface area contributed by atoms with Gasteiger partial charge in [0.25, 0.3) is 5.91 Å². The van der Waals surface area contributed by atoms with Crippen LogP contribution in [0.4, 0.5) is 0 Å². The molecule has 20 heavy (non-hydrogen) atoms. The van der Waals surface area contributed by atoms with E-state index in [1.54, 1.807) is 24.3 Å². The molecule has 0 radical (unpaired) electrons. The van der Waals surface area contributed by atoms with Crippen molar-refractivity contribution in [2.24, 2.45) is 0 Å². The van der Waals surface area contributed by atoms with Gasteiger partial charge in [0.05, 0.1) is 0 Å². The lowest BCUT2D eigenvalue weighted by Crippen LogP contribution is -2.38. The van der Waals surface area contributed by atoms with Gasteiger partial charge in [0.15, 0.2) is 6.10 Å². The molecule has 5 heteroatoms. The molecule has 0 aliphatic heterocycles. The van der Waals surface area contributed by atoms with Crippen LogP contribution in [0.2, 0.25) is 5.02 Å². The van der Waals surface area contributed by atoms with Crippen LogP contribution in [-0.4, -0.2) is 31.8 Å². The summed E-state index contributed by atoms with van der Waals surface area (Å²) in [5, 5.41) is 3.44. The third kappa shape index (κ3) is 6.26. The molecule has 0 aliphatic carbocycles. The molecule has 0 saturated heterocycles. The predicted octanol–water partition coefficient (Wildman–Crippen LogP) is 3.04. The largest absolute Gasteiger partial charge is 0.481 e. The molecule has 0 aromatic heterocycles. The van der Waals surface area contributed by atoms with E-state index in [-0.39, 0.29) is 5.91 Å². The Bertz CT molecular complexity index is 412. The summed E-state index contributed by atoms with van der Waals surface area (Å²) >= 11 is 5.89. The SMILES string of the molecule is CCOCCCNC(=O)[C@@H](CC)Oc1cccc(Cl)c1. The van der Waals surface area contributed by atoms with Crippen molar-refractivity contribution in [2.75, 3.05) is 19.8 Å². The Morgan fingerprint density at radius 1 is 1.40 bits per heavy atom. The maximum atomic E-state index is 12.0. The summed E-state index contributed by atoms with van der Waals surface area (Å²) in [4.78, 5) is 12.0. The minimum absolute atomic E-state index is 0.107. The van der Waals surface area contributed by atoms with Crippen LogP contribution in [-0.2, 0) is 9.53 Å². The van der Waals surface area contributed by atoms with Gasteiger partial charge >= 0.3 is 0 Å². The fourth-order valence-corrected chi connectivity index (χ4v) is 1.85. The maximum absolute atomic E-state index is 12.0. The van der Waals surface area contributed by atoms with Crippen molar-refractivity contribution in [2.45, 2.75) is 32.8 Å². The third-order valence-electron chi connectivity index (χ3n) is 2.71. The molecule has 1 aromatic rings. The highest BCUT2D eigenvalue weighted by Crippen LogP contribution is 2.19. The van der Waals surface area contributed by atoms with Gasteiger partial charge in [0.1, 0.15) is 5.75 Å². The Kier molecular flexibility index (Phi) is 8.07. The molecule has 1 rings (SSSR count). The second-order valence-electron chi connectivity index (χ2n) is 4.31. The summed E-state index contributed by atoms with van der Waals surface area (Å²) in [5.41, 5.74) is 0. The molecule has 4 nitrogen and oxygen atoms in total. The van der Waals surface area contributed by atoms with Crippen LogP contribution in [0.25, 0.3) is 0 Å². The monoisotopic (exact) mass is 299 g/mol. The standard InChI is InChI=1S/C15H22ClNO3/c1-3-14(15(18)17-9-6-10-19-4-2)20-13-8-5-7-12(16)11-13/h5,7-8,11,14H,3-4,6,9-10H2,1-2H3,(H,17,18)/t14-/m1/s1. The summed E-state index contributed by atoms with van der Waals surface area (Å²) < 4.78 is 10.9. The number of benzene rings is 1. The number of halogens is 1. The number of hydrogen-bond donors (Lipinski definition) is 1. The zero-order valence-electron chi connectivity index (χ0n) is 12.0. The van der Waals surface area contributed by atoms with Crippen LogP contribution in [0.15, 0.2) is 24.3 Å². The zero-order chi connectivity index (χ0) is 14.8. The van der Waals surface area contributed by atoms with Crippen LogP contribution in [0.5, 0.6) is 5.75 Å². The topological polar surface area (TPSA) is 47.6 Å². The minimum Gasteiger partial charge on any atom is -0.481 e. The van der Waals surface area contributed by atoms with Gasteiger partial charge < -0.3 is 14.8 Å². The third-order valence-corrected chi connectivity index (χ3v) is 2.94. The average molecular weight is 300 g/mol. The van der Waals surface area contributed by atoms with Crippen LogP contribution in [0.1, 0.15) is 26.7 Å². The Labute approximate surface area is 125 Å². The normalized spacial score (nSPS) is 11.9. The number of hydrogen-bond acceptors (Lipinski definition) is 3. The van der Waals surface area contributed by atoms with Gasteiger partial charge in [0.2, 0.25) is 0 Å². The lowest BCUT2D eigenvalue weighted by atomic mass is 10.2. The van der Waals surface area contributed by atoms with E-state index in [2.05, 4.69) is 5.32 Å². The van der Waals surface area contributed by atoms with E-state index in [0.717, 1.165) is 6.42 Å². The fraction of sp³-hybridized carbons (Fsp3) is 0.533. The Hall–Kier alpha value is -1.26. The van der Waals surface area contributed by atoms with Crippen LogP contribution in [0.3, 0.4) is 0 Å². The molecule has 0 aliphatic rings. The molecule has 1 amide bonds. The molecule has 0 unspecified atom stereocenters. The van der Waals surface area contributed by atoms with Gasteiger partial charge in [-0.3, -0.25) is 4.79 Å². The van der Waals surface area contributed by atoms with Crippen molar-refractivity contribution in [3.05, 3.63) is 29.3 Å². The molecular weight excluding hydrogens is 278 g/mol. The molecular formula is C15H22ClNO3. The van der Waals surface area contributed by atoms with E-state index in [4.69, 9.17) is 21.1 Å². The van der Waals surface area contributed by atoms with E-state index in [1.807, 2.05) is 13.8 Å².